The van der Waals surface area contributed by atoms with Crippen molar-refractivity contribution in [3.05, 3.63) is 54.1 Å². The first-order chi connectivity index (χ1) is 14.9. The second-order valence-electron chi connectivity index (χ2n) is 7.44. The Balaban J connectivity index is 1.55. The summed E-state index contributed by atoms with van der Waals surface area (Å²) in [5, 5.41) is 2.67. The highest BCUT2D eigenvalue weighted by Crippen LogP contribution is 2.27. The number of nitrogens with one attached hydrogen (secondary N) is 1. The Labute approximate surface area is 180 Å². The van der Waals surface area contributed by atoms with Gasteiger partial charge in [0.05, 0.1) is 18.8 Å². The van der Waals surface area contributed by atoms with Gasteiger partial charge in [-0.25, -0.2) is 0 Å². The molecule has 2 aromatic carbocycles. The van der Waals surface area contributed by atoms with Gasteiger partial charge in [-0.2, -0.15) is 8.78 Å². The topological polar surface area (TPSA) is 67.9 Å². The van der Waals surface area contributed by atoms with Gasteiger partial charge in [0.1, 0.15) is 11.5 Å². The van der Waals surface area contributed by atoms with Crippen molar-refractivity contribution >= 4 is 17.4 Å². The van der Waals surface area contributed by atoms with Crippen molar-refractivity contribution in [1.29, 1.82) is 0 Å². The predicted octanol–water partition coefficient (Wildman–Crippen LogP) is 4.22. The molecule has 1 atom stereocenters. The van der Waals surface area contributed by atoms with E-state index in [0.717, 1.165) is 0 Å². The van der Waals surface area contributed by atoms with Gasteiger partial charge < -0.3 is 14.8 Å². The second kappa shape index (κ2) is 10.3. The SMILES string of the molecule is COc1ccc(C(=O)C2CCN(C(C)C(=O)Nc3ccccc3OC(F)F)CC2)cc1. The highest BCUT2D eigenvalue weighted by molar-refractivity contribution is 5.98. The lowest BCUT2D eigenvalue weighted by molar-refractivity contribution is -0.121. The molecule has 166 valence electrons. The van der Waals surface area contributed by atoms with Crippen LogP contribution in [0, 0.1) is 5.92 Å². The maximum atomic E-state index is 12.8. The summed E-state index contributed by atoms with van der Waals surface area (Å²) in [5.74, 6) is 0.302. The molecular formula is C23H26F2N2O4. The lowest BCUT2D eigenvalue weighted by Gasteiger charge is -2.34. The van der Waals surface area contributed by atoms with E-state index in [9.17, 15) is 18.4 Å². The van der Waals surface area contributed by atoms with Gasteiger partial charge in [-0.1, -0.05) is 12.1 Å². The van der Waals surface area contributed by atoms with Crippen LogP contribution >= 0.6 is 0 Å². The highest BCUT2D eigenvalue weighted by Gasteiger charge is 2.30. The van der Waals surface area contributed by atoms with Gasteiger partial charge in [0.2, 0.25) is 5.91 Å². The van der Waals surface area contributed by atoms with Crippen molar-refractivity contribution in [1.82, 2.24) is 4.90 Å². The van der Waals surface area contributed by atoms with Gasteiger partial charge >= 0.3 is 6.61 Å². The van der Waals surface area contributed by atoms with Crippen molar-refractivity contribution in [2.45, 2.75) is 32.4 Å². The fourth-order valence-corrected chi connectivity index (χ4v) is 3.71. The van der Waals surface area contributed by atoms with Crippen molar-refractivity contribution in [2.75, 3.05) is 25.5 Å². The number of ketones is 1. The minimum Gasteiger partial charge on any atom is -0.497 e. The third kappa shape index (κ3) is 5.79. The summed E-state index contributed by atoms with van der Waals surface area (Å²) < 4.78 is 34.7. The first kappa shape index (κ1) is 22.7. The van der Waals surface area contributed by atoms with Gasteiger partial charge in [0.15, 0.2) is 5.78 Å². The zero-order valence-electron chi connectivity index (χ0n) is 17.5. The summed E-state index contributed by atoms with van der Waals surface area (Å²) in [6, 6.07) is 12.7. The molecule has 3 rings (SSSR count). The lowest BCUT2D eigenvalue weighted by Crippen LogP contribution is -2.47. The normalized spacial score (nSPS) is 16.0. The number of likely N-dealkylation sites (tertiary alicyclic amines) is 1. The van der Waals surface area contributed by atoms with Crippen LogP contribution in [0.4, 0.5) is 14.5 Å². The second-order valence-corrected chi connectivity index (χ2v) is 7.44. The predicted molar refractivity (Wildman–Crippen MR) is 113 cm³/mol. The molecule has 0 saturated carbocycles. The summed E-state index contributed by atoms with van der Waals surface area (Å²) in [6.45, 7) is -0.0257. The fourth-order valence-electron chi connectivity index (χ4n) is 3.71. The zero-order valence-corrected chi connectivity index (χ0v) is 17.5. The summed E-state index contributed by atoms with van der Waals surface area (Å²) >= 11 is 0. The molecule has 1 aliphatic rings. The minimum atomic E-state index is -2.97. The van der Waals surface area contributed by atoms with Crippen LogP contribution in [0.5, 0.6) is 11.5 Å². The number of carbonyl (C=O) groups is 2. The van der Waals surface area contributed by atoms with Crippen LogP contribution in [-0.4, -0.2) is 49.4 Å². The number of piperidine rings is 1. The number of para-hydroxylation sites is 2. The number of methoxy groups -OCH3 is 1. The van der Waals surface area contributed by atoms with E-state index in [0.29, 0.717) is 37.2 Å². The summed E-state index contributed by atoms with van der Waals surface area (Å²) in [7, 11) is 1.58. The van der Waals surface area contributed by atoms with E-state index in [2.05, 4.69) is 10.1 Å². The number of halogens is 2. The molecule has 31 heavy (non-hydrogen) atoms. The monoisotopic (exact) mass is 432 g/mol. The largest absolute Gasteiger partial charge is 0.497 e. The Morgan fingerprint density at radius 3 is 2.32 bits per heavy atom. The molecule has 1 saturated heterocycles. The third-order valence-electron chi connectivity index (χ3n) is 5.56. The molecule has 1 unspecified atom stereocenters. The van der Waals surface area contributed by atoms with E-state index in [1.165, 1.54) is 12.1 Å². The smallest absolute Gasteiger partial charge is 0.387 e. The van der Waals surface area contributed by atoms with Crippen LogP contribution in [0.15, 0.2) is 48.5 Å². The summed E-state index contributed by atoms with van der Waals surface area (Å²) in [4.78, 5) is 27.4. The molecule has 0 bridgehead atoms. The minimum absolute atomic E-state index is 0.0816. The molecule has 0 radical (unpaired) electrons. The Morgan fingerprint density at radius 1 is 1.06 bits per heavy atom. The van der Waals surface area contributed by atoms with Crippen LogP contribution in [0.1, 0.15) is 30.1 Å². The number of hydrogen-bond acceptors (Lipinski definition) is 5. The van der Waals surface area contributed by atoms with Gasteiger partial charge in [-0.3, -0.25) is 14.5 Å². The Kier molecular flexibility index (Phi) is 7.57. The molecule has 1 fully saturated rings. The van der Waals surface area contributed by atoms with E-state index in [4.69, 9.17) is 4.74 Å². The first-order valence-corrected chi connectivity index (χ1v) is 10.2. The molecule has 0 aromatic heterocycles. The van der Waals surface area contributed by atoms with E-state index < -0.39 is 12.7 Å². The number of hydrogen-bond donors (Lipinski definition) is 1. The number of Topliss-reactive ketones (excluding diaryl/α,β-unsaturated/α-hetero) is 1. The molecule has 2 aromatic rings. The van der Waals surface area contributed by atoms with Crippen LogP contribution in [-0.2, 0) is 4.79 Å². The molecule has 1 N–H and O–H groups in total. The van der Waals surface area contributed by atoms with Crippen molar-refractivity contribution in [3.63, 3.8) is 0 Å². The van der Waals surface area contributed by atoms with Crippen LogP contribution in [0.25, 0.3) is 0 Å². The summed E-state index contributed by atoms with van der Waals surface area (Å²) in [6.07, 6.45) is 1.29. The van der Waals surface area contributed by atoms with E-state index in [-0.39, 0.29) is 29.0 Å². The molecule has 1 amide bonds. The number of ether oxygens (including phenoxy) is 2. The number of benzene rings is 2. The number of rotatable bonds is 8. The standard InChI is InChI=1S/C23H26F2N2O4/c1-15(22(29)26-19-5-3-4-6-20(19)31-23(24)25)27-13-11-17(12-14-27)21(28)16-7-9-18(30-2)10-8-16/h3-10,15,17,23H,11-14H2,1-2H3,(H,26,29). The molecule has 6 nitrogen and oxygen atoms in total. The maximum Gasteiger partial charge on any atom is 0.387 e. The zero-order chi connectivity index (χ0) is 22.4. The molecule has 8 heteroatoms. The van der Waals surface area contributed by atoms with Crippen LogP contribution < -0.4 is 14.8 Å². The van der Waals surface area contributed by atoms with Crippen molar-refractivity contribution in [3.8, 4) is 11.5 Å². The van der Waals surface area contributed by atoms with Gasteiger partial charge in [-0.05, 0) is 69.3 Å². The van der Waals surface area contributed by atoms with Crippen LogP contribution in [0.3, 0.4) is 0 Å². The summed E-state index contributed by atoms with van der Waals surface area (Å²) in [5.41, 5.74) is 0.852. The van der Waals surface area contributed by atoms with Crippen molar-refractivity contribution < 1.29 is 27.8 Å². The molecule has 1 aliphatic heterocycles. The average Bonchev–Trinajstić information content (AvgIpc) is 2.79. The number of carbonyl (C=O) groups excluding carboxylic acids is 2. The number of anilines is 1. The Hall–Kier alpha value is -3.00. The van der Waals surface area contributed by atoms with E-state index >= 15 is 0 Å². The fraction of sp³-hybridized carbons (Fsp3) is 0.391. The van der Waals surface area contributed by atoms with Crippen LogP contribution in [0.2, 0.25) is 0 Å². The molecular weight excluding hydrogens is 406 g/mol. The number of nitrogens with zero attached hydrogens (tertiary/aromatic N) is 1. The first-order valence-electron chi connectivity index (χ1n) is 10.2. The quantitative estimate of drug-likeness (QED) is 0.633. The van der Waals surface area contributed by atoms with E-state index in [1.54, 1.807) is 50.4 Å². The molecule has 1 heterocycles. The number of amides is 1. The van der Waals surface area contributed by atoms with Gasteiger partial charge in [-0.15, -0.1) is 0 Å². The molecule has 0 aliphatic carbocycles. The molecule has 0 spiro atoms. The highest BCUT2D eigenvalue weighted by atomic mass is 19.3. The Bertz CT molecular complexity index is 897. The van der Waals surface area contributed by atoms with Gasteiger partial charge in [0, 0.05) is 11.5 Å². The average molecular weight is 432 g/mol. The Morgan fingerprint density at radius 2 is 1.71 bits per heavy atom. The maximum absolute atomic E-state index is 12.8. The van der Waals surface area contributed by atoms with Gasteiger partial charge in [0.25, 0.3) is 0 Å². The lowest BCUT2D eigenvalue weighted by atomic mass is 9.88. The van der Waals surface area contributed by atoms with Crippen molar-refractivity contribution in [2.24, 2.45) is 5.92 Å². The number of alkyl halides is 2. The third-order valence-corrected chi connectivity index (χ3v) is 5.56. The van der Waals surface area contributed by atoms with E-state index in [1.807, 2.05) is 4.90 Å².